The predicted molar refractivity (Wildman–Crippen MR) is 108 cm³/mol. The average Bonchev–Trinajstić information content (AvgIpc) is 3.23. The number of carbonyl (C=O) groups excluding carboxylic acids is 1. The molecule has 1 saturated carbocycles. The van der Waals surface area contributed by atoms with E-state index in [0.717, 1.165) is 5.69 Å². The van der Waals surface area contributed by atoms with Gasteiger partial charge in [0.1, 0.15) is 5.02 Å². The molecule has 3 aromatic heterocycles. The Kier molecular flexibility index (Phi) is 5.29. The Labute approximate surface area is 171 Å². The van der Waals surface area contributed by atoms with E-state index in [-0.39, 0.29) is 8.03 Å². The molecule has 0 aliphatic heterocycles. The zero-order valence-electron chi connectivity index (χ0n) is 15.0. The van der Waals surface area contributed by atoms with Crippen molar-refractivity contribution in [2.24, 2.45) is 0 Å². The van der Waals surface area contributed by atoms with Crippen LogP contribution in [-0.2, 0) is 9.53 Å². The van der Waals surface area contributed by atoms with Crippen LogP contribution in [0, 0.1) is 0 Å². The number of anilines is 2. The average molecular weight is 422 g/mol. The number of nitrogens with zero attached hydrogens (tertiary/aromatic N) is 3. The van der Waals surface area contributed by atoms with Crippen LogP contribution in [-0.4, -0.2) is 37.8 Å². The number of aliphatic hydroxyl groups excluding tert-OH is 1. The van der Waals surface area contributed by atoms with E-state index in [1.54, 1.807) is 19.1 Å². The third kappa shape index (κ3) is 4.01. The van der Waals surface area contributed by atoms with Crippen LogP contribution in [0.5, 0.6) is 0 Å². The summed E-state index contributed by atoms with van der Waals surface area (Å²) >= 11 is 7.44. The summed E-state index contributed by atoms with van der Waals surface area (Å²) in [5.74, 6) is 1.38. The van der Waals surface area contributed by atoms with Crippen molar-refractivity contribution in [3.63, 3.8) is 0 Å². The number of aliphatic hydroxyl groups is 1. The number of nitrogens with one attached hydrogen (secondary N) is 2. The first-order valence-corrected chi connectivity index (χ1v) is 10.0. The van der Waals surface area contributed by atoms with Crippen LogP contribution < -0.4 is 5.32 Å². The fourth-order valence-corrected chi connectivity index (χ4v) is 3.72. The summed E-state index contributed by atoms with van der Waals surface area (Å²) in [6, 6.07) is 5.35. The lowest BCUT2D eigenvalue weighted by atomic mass is 10.3. The van der Waals surface area contributed by atoms with Gasteiger partial charge < -0.3 is 15.2 Å². The second-order valence-corrected chi connectivity index (χ2v) is 7.88. The lowest BCUT2D eigenvalue weighted by Crippen LogP contribution is -2.14. The van der Waals surface area contributed by atoms with Crippen molar-refractivity contribution in [1.82, 2.24) is 20.2 Å². The number of aromatic amines is 1. The third-order valence-electron chi connectivity index (χ3n) is 4.23. The van der Waals surface area contributed by atoms with Gasteiger partial charge in [0.05, 0.1) is 17.7 Å². The predicted octanol–water partition coefficient (Wildman–Crippen LogP) is 4.05. The Morgan fingerprint density at radius 1 is 1.54 bits per heavy atom. The van der Waals surface area contributed by atoms with Crippen LogP contribution in [0.2, 0.25) is 5.02 Å². The first-order valence-electron chi connectivity index (χ1n) is 8.84. The van der Waals surface area contributed by atoms with E-state index in [0.29, 0.717) is 38.2 Å². The Bertz CT molecular complexity index is 1010. The standard InChI is InChI=1S/C18H18ClN5O3S.H2/c1-2-27-18(26)15(25)12-5-6-13(28-12)17-20-8-10(19)16(22-17)21-14-7-11(23-24-14)9-3-4-9;/h5-9,15,25H,2-4H2,1H3,(H2,20,21,22,23,24);1H. The van der Waals surface area contributed by atoms with Gasteiger partial charge in [0.15, 0.2) is 23.6 Å². The van der Waals surface area contributed by atoms with Gasteiger partial charge in [-0.1, -0.05) is 11.6 Å². The molecule has 28 heavy (non-hydrogen) atoms. The number of thiophene rings is 1. The molecule has 1 fully saturated rings. The highest BCUT2D eigenvalue weighted by Crippen LogP contribution is 2.40. The minimum atomic E-state index is -1.33. The van der Waals surface area contributed by atoms with Crippen LogP contribution in [0.25, 0.3) is 10.7 Å². The van der Waals surface area contributed by atoms with E-state index in [2.05, 4.69) is 25.5 Å². The number of esters is 1. The Morgan fingerprint density at radius 2 is 2.36 bits per heavy atom. The topological polar surface area (TPSA) is 113 Å². The molecule has 0 aromatic carbocycles. The van der Waals surface area contributed by atoms with Crippen molar-refractivity contribution in [3.05, 3.63) is 40.0 Å². The molecule has 3 heterocycles. The number of H-pyrrole nitrogens is 1. The number of aromatic nitrogens is 4. The molecule has 3 N–H and O–H groups in total. The van der Waals surface area contributed by atoms with E-state index in [1.165, 1.54) is 30.4 Å². The number of hydrogen-bond acceptors (Lipinski definition) is 8. The highest BCUT2D eigenvalue weighted by Gasteiger charge is 2.26. The Hall–Kier alpha value is -2.49. The molecule has 4 rings (SSSR count). The van der Waals surface area contributed by atoms with Crippen LogP contribution in [0.3, 0.4) is 0 Å². The number of carbonyl (C=O) groups is 1. The van der Waals surface area contributed by atoms with Gasteiger partial charge in [-0.05, 0) is 31.9 Å². The van der Waals surface area contributed by atoms with Crippen LogP contribution in [0.15, 0.2) is 24.4 Å². The van der Waals surface area contributed by atoms with Gasteiger partial charge in [0.2, 0.25) is 0 Å². The monoisotopic (exact) mass is 421 g/mol. The highest BCUT2D eigenvalue weighted by molar-refractivity contribution is 7.15. The lowest BCUT2D eigenvalue weighted by molar-refractivity contribution is -0.153. The van der Waals surface area contributed by atoms with Crippen molar-refractivity contribution < 1.29 is 16.1 Å². The van der Waals surface area contributed by atoms with E-state index < -0.39 is 12.1 Å². The maximum absolute atomic E-state index is 11.7. The van der Waals surface area contributed by atoms with E-state index in [1.807, 2.05) is 6.07 Å². The maximum Gasteiger partial charge on any atom is 0.340 e. The van der Waals surface area contributed by atoms with Gasteiger partial charge in [-0.2, -0.15) is 5.10 Å². The maximum atomic E-state index is 11.7. The number of hydrogen-bond donors (Lipinski definition) is 3. The van der Waals surface area contributed by atoms with Gasteiger partial charge in [0, 0.05) is 24.0 Å². The smallest absolute Gasteiger partial charge is 0.340 e. The SMILES string of the molecule is CCOC(=O)C(O)c1ccc(-c2ncc(Cl)c(Nc3cc(C4CC4)[nH]n3)n2)s1.[HH]. The van der Waals surface area contributed by atoms with Crippen molar-refractivity contribution in [2.75, 3.05) is 11.9 Å². The Balaban J connectivity index is 0.00000240. The summed E-state index contributed by atoms with van der Waals surface area (Å²) in [7, 11) is 0. The molecular formula is C18H20ClN5O3S. The first-order chi connectivity index (χ1) is 13.5. The van der Waals surface area contributed by atoms with Crippen LogP contribution >= 0.6 is 22.9 Å². The molecule has 8 nitrogen and oxygen atoms in total. The van der Waals surface area contributed by atoms with E-state index in [4.69, 9.17) is 16.3 Å². The first kappa shape index (κ1) is 18.9. The Morgan fingerprint density at radius 3 is 3.11 bits per heavy atom. The normalized spacial score (nSPS) is 14.7. The van der Waals surface area contributed by atoms with Gasteiger partial charge in [-0.3, -0.25) is 5.10 Å². The quantitative estimate of drug-likeness (QED) is 0.493. The number of ether oxygens (including phenoxy) is 1. The van der Waals surface area contributed by atoms with Gasteiger partial charge >= 0.3 is 5.97 Å². The molecule has 0 radical (unpaired) electrons. The molecule has 0 amide bonds. The van der Waals surface area contributed by atoms with Gasteiger partial charge in [0.25, 0.3) is 0 Å². The summed E-state index contributed by atoms with van der Waals surface area (Å²) in [6.07, 6.45) is 2.53. The molecular weight excluding hydrogens is 402 g/mol. The molecule has 1 aliphatic carbocycles. The largest absolute Gasteiger partial charge is 0.464 e. The van der Waals surface area contributed by atoms with Crippen molar-refractivity contribution in [3.8, 4) is 10.7 Å². The lowest BCUT2D eigenvalue weighted by Gasteiger charge is -2.07. The highest BCUT2D eigenvalue weighted by atomic mass is 35.5. The van der Waals surface area contributed by atoms with E-state index in [9.17, 15) is 9.90 Å². The van der Waals surface area contributed by atoms with Crippen molar-refractivity contribution in [1.29, 1.82) is 0 Å². The summed E-state index contributed by atoms with van der Waals surface area (Å²) in [5.41, 5.74) is 1.10. The fourth-order valence-electron chi connectivity index (χ4n) is 2.66. The second kappa shape index (κ2) is 7.86. The van der Waals surface area contributed by atoms with Gasteiger partial charge in [-0.15, -0.1) is 11.3 Å². The summed E-state index contributed by atoms with van der Waals surface area (Å²) < 4.78 is 4.85. The summed E-state index contributed by atoms with van der Waals surface area (Å²) in [6.45, 7) is 1.90. The molecule has 0 spiro atoms. The molecule has 1 aliphatic rings. The molecule has 148 valence electrons. The molecule has 0 bridgehead atoms. The number of rotatable bonds is 7. The second-order valence-electron chi connectivity index (χ2n) is 6.35. The molecule has 3 aromatic rings. The number of halogens is 1. The van der Waals surface area contributed by atoms with Crippen LogP contribution in [0.1, 0.15) is 43.8 Å². The molecule has 10 heteroatoms. The molecule has 1 atom stereocenters. The minimum Gasteiger partial charge on any atom is -0.464 e. The molecule has 1 unspecified atom stereocenters. The van der Waals surface area contributed by atoms with Crippen molar-refractivity contribution in [2.45, 2.75) is 31.8 Å². The van der Waals surface area contributed by atoms with Crippen LogP contribution in [0.4, 0.5) is 11.6 Å². The van der Waals surface area contributed by atoms with Crippen molar-refractivity contribution >= 4 is 40.5 Å². The minimum absolute atomic E-state index is 0. The summed E-state index contributed by atoms with van der Waals surface area (Å²) in [4.78, 5) is 21.6. The zero-order valence-corrected chi connectivity index (χ0v) is 16.5. The summed E-state index contributed by atoms with van der Waals surface area (Å²) in [5, 5.41) is 20.8. The third-order valence-corrected chi connectivity index (χ3v) is 5.64. The molecule has 0 saturated heterocycles. The fraction of sp³-hybridized carbons (Fsp3) is 0.333. The van der Waals surface area contributed by atoms with E-state index >= 15 is 0 Å². The zero-order chi connectivity index (χ0) is 19.7. The van der Waals surface area contributed by atoms with Gasteiger partial charge in [-0.25, -0.2) is 14.8 Å².